The molecule has 0 aliphatic heterocycles. The van der Waals surface area contributed by atoms with Crippen LogP contribution in [0.3, 0.4) is 0 Å². The van der Waals surface area contributed by atoms with Crippen LogP contribution in [0.15, 0.2) is 0 Å². The number of nitrogens with one attached hydrogen (secondary N) is 1. The zero-order chi connectivity index (χ0) is 12.4. The molecule has 0 aromatic heterocycles. The van der Waals surface area contributed by atoms with Crippen LogP contribution in [0.1, 0.15) is 32.6 Å². The molecule has 0 saturated heterocycles. The van der Waals surface area contributed by atoms with Gasteiger partial charge in [-0.05, 0) is 31.6 Å². The van der Waals surface area contributed by atoms with Gasteiger partial charge in [0, 0.05) is 26.2 Å². The summed E-state index contributed by atoms with van der Waals surface area (Å²) in [4.78, 5) is 0. The van der Waals surface area contributed by atoms with Gasteiger partial charge in [0.1, 0.15) is 0 Å². The molecule has 1 aliphatic rings. The maximum atomic E-state index is 11.8. The van der Waals surface area contributed by atoms with Crippen molar-refractivity contribution in [3.63, 3.8) is 0 Å². The summed E-state index contributed by atoms with van der Waals surface area (Å²) in [6.45, 7) is 2.59. The first kappa shape index (κ1) is 13.9. The highest BCUT2D eigenvalue weighted by atomic mass is 32.2. The second kappa shape index (κ2) is 5.00. The summed E-state index contributed by atoms with van der Waals surface area (Å²) in [7, 11) is -0.331. The second-order valence-electron chi connectivity index (χ2n) is 4.79. The first-order chi connectivity index (χ1) is 7.38. The molecule has 0 atom stereocenters. The topological polar surface area (TPSA) is 75.4 Å². The standard InChI is InChI=1S/C10H23N3O2S/c1-9-4-6-10(8-11,7-5-9)13(3)16(14,15)12-2/h9,12H,4-8,11H2,1-3H3. The Bertz CT molecular complexity index is 321. The quantitative estimate of drug-likeness (QED) is 0.752. The van der Waals surface area contributed by atoms with E-state index in [-0.39, 0.29) is 0 Å². The summed E-state index contributed by atoms with van der Waals surface area (Å²) in [5, 5.41) is 0. The Balaban J connectivity index is 2.89. The van der Waals surface area contributed by atoms with Crippen molar-refractivity contribution in [3.05, 3.63) is 0 Å². The SMILES string of the molecule is CNS(=O)(=O)N(C)C1(CN)CCC(C)CC1. The molecule has 0 radical (unpaired) electrons. The fraction of sp³-hybridized carbons (Fsp3) is 1.00. The van der Waals surface area contributed by atoms with Crippen molar-refractivity contribution in [2.24, 2.45) is 11.7 Å². The van der Waals surface area contributed by atoms with Gasteiger partial charge in [0.25, 0.3) is 10.2 Å². The number of rotatable bonds is 4. The molecule has 96 valence electrons. The molecular formula is C10H23N3O2S. The maximum Gasteiger partial charge on any atom is 0.279 e. The van der Waals surface area contributed by atoms with Gasteiger partial charge in [0.05, 0.1) is 0 Å². The summed E-state index contributed by atoms with van der Waals surface area (Å²) in [6, 6.07) is 0. The Hall–Kier alpha value is -0.170. The highest BCUT2D eigenvalue weighted by Crippen LogP contribution is 2.36. The van der Waals surface area contributed by atoms with Gasteiger partial charge < -0.3 is 5.73 Å². The van der Waals surface area contributed by atoms with Crippen LogP contribution in [-0.4, -0.2) is 38.9 Å². The van der Waals surface area contributed by atoms with E-state index < -0.39 is 15.7 Å². The number of hydrogen-bond donors (Lipinski definition) is 2. The molecular weight excluding hydrogens is 226 g/mol. The molecule has 0 amide bonds. The van der Waals surface area contributed by atoms with Crippen LogP contribution in [0, 0.1) is 5.92 Å². The highest BCUT2D eigenvalue weighted by Gasteiger charge is 2.41. The third kappa shape index (κ3) is 2.56. The summed E-state index contributed by atoms with van der Waals surface area (Å²) >= 11 is 0. The smallest absolute Gasteiger partial charge is 0.279 e. The lowest BCUT2D eigenvalue weighted by Gasteiger charge is -2.44. The lowest BCUT2D eigenvalue weighted by atomic mass is 9.77. The van der Waals surface area contributed by atoms with E-state index in [1.165, 1.54) is 11.4 Å². The Kier molecular flexibility index (Phi) is 4.34. The average Bonchev–Trinajstić information content (AvgIpc) is 2.30. The van der Waals surface area contributed by atoms with Crippen LogP contribution in [0.25, 0.3) is 0 Å². The third-order valence-corrected chi connectivity index (χ3v) is 5.50. The van der Waals surface area contributed by atoms with Gasteiger partial charge >= 0.3 is 0 Å². The van der Waals surface area contributed by atoms with Gasteiger partial charge in [0.2, 0.25) is 0 Å². The van der Waals surface area contributed by atoms with Crippen molar-refractivity contribution < 1.29 is 8.42 Å². The van der Waals surface area contributed by atoms with E-state index >= 15 is 0 Å². The molecule has 1 fully saturated rings. The average molecular weight is 249 g/mol. The molecule has 5 nitrogen and oxygen atoms in total. The van der Waals surface area contributed by atoms with E-state index in [1.807, 2.05) is 0 Å². The zero-order valence-electron chi connectivity index (χ0n) is 10.4. The molecule has 1 aliphatic carbocycles. The van der Waals surface area contributed by atoms with Crippen molar-refractivity contribution >= 4 is 10.2 Å². The predicted molar refractivity (Wildman–Crippen MR) is 65.2 cm³/mol. The maximum absolute atomic E-state index is 11.8. The molecule has 0 heterocycles. The van der Waals surface area contributed by atoms with E-state index in [2.05, 4.69) is 11.6 Å². The van der Waals surface area contributed by atoms with Crippen LogP contribution in [0.5, 0.6) is 0 Å². The van der Waals surface area contributed by atoms with Crippen LogP contribution in [0.4, 0.5) is 0 Å². The number of nitrogens with two attached hydrogens (primary N) is 1. The first-order valence-electron chi connectivity index (χ1n) is 5.75. The Morgan fingerprint density at radius 1 is 1.44 bits per heavy atom. The summed E-state index contributed by atoms with van der Waals surface area (Å²) < 4.78 is 27.4. The van der Waals surface area contributed by atoms with Crippen molar-refractivity contribution in [2.45, 2.75) is 38.1 Å². The Morgan fingerprint density at radius 3 is 2.31 bits per heavy atom. The summed E-state index contributed by atoms with van der Waals surface area (Å²) in [5.41, 5.74) is 5.41. The third-order valence-electron chi connectivity index (χ3n) is 3.87. The largest absolute Gasteiger partial charge is 0.329 e. The Morgan fingerprint density at radius 2 is 1.94 bits per heavy atom. The molecule has 0 aromatic carbocycles. The normalized spacial score (nSPS) is 31.9. The fourth-order valence-corrected chi connectivity index (χ4v) is 3.38. The van der Waals surface area contributed by atoms with E-state index in [0.29, 0.717) is 12.5 Å². The van der Waals surface area contributed by atoms with Crippen molar-refractivity contribution in [1.82, 2.24) is 9.03 Å². The molecule has 3 N–H and O–H groups in total. The lowest BCUT2D eigenvalue weighted by molar-refractivity contribution is 0.134. The minimum absolute atomic E-state index is 0.386. The first-order valence-corrected chi connectivity index (χ1v) is 7.19. The molecule has 6 heteroatoms. The zero-order valence-corrected chi connectivity index (χ0v) is 11.2. The molecule has 16 heavy (non-hydrogen) atoms. The minimum atomic E-state index is -3.38. The van der Waals surface area contributed by atoms with Gasteiger partial charge in [-0.25, -0.2) is 4.72 Å². The van der Waals surface area contributed by atoms with Crippen molar-refractivity contribution in [2.75, 3.05) is 20.6 Å². The van der Waals surface area contributed by atoms with Gasteiger partial charge in [-0.2, -0.15) is 12.7 Å². The molecule has 1 saturated carbocycles. The summed E-state index contributed by atoms with van der Waals surface area (Å²) in [6.07, 6.45) is 3.78. The van der Waals surface area contributed by atoms with E-state index in [4.69, 9.17) is 5.73 Å². The molecule has 0 unspecified atom stereocenters. The van der Waals surface area contributed by atoms with Crippen LogP contribution < -0.4 is 10.5 Å². The minimum Gasteiger partial charge on any atom is -0.329 e. The van der Waals surface area contributed by atoms with Crippen molar-refractivity contribution in [1.29, 1.82) is 0 Å². The molecule has 1 rings (SSSR count). The fourth-order valence-electron chi connectivity index (χ4n) is 2.34. The lowest BCUT2D eigenvalue weighted by Crippen LogP contribution is -2.58. The monoisotopic (exact) mass is 249 g/mol. The van der Waals surface area contributed by atoms with Gasteiger partial charge in [0.15, 0.2) is 0 Å². The molecule has 0 bridgehead atoms. The summed E-state index contributed by atoms with van der Waals surface area (Å²) in [5.74, 6) is 0.672. The van der Waals surface area contributed by atoms with Crippen LogP contribution >= 0.6 is 0 Å². The second-order valence-corrected chi connectivity index (χ2v) is 6.69. The van der Waals surface area contributed by atoms with Crippen molar-refractivity contribution in [3.8, 4) is 0 Å². The highest BCUT2D eigenvalue weighted by molar-refractivity contribution is 7.87. The van der Waals surface area contributed by atoms with Crippen LogP contribution in [-0.2, 0) is 10.2 Å². The van der Waals surface area contributed by atoms with Gasteiger partial charge in [-0.1, -0.05) is 6.92 Å². The van der Waals surface area contributed by atoms with Crippen LogP contribution in [0.2, 0.25) is 0 Å². The van der Waals surface area contributed by atoms with Gasteiger partial charge in [-0.3, -0.25) is 0 Å². The molecule has 0 aromatic rings. The molecule has 0 spiro atoms. The van der Waals surface area contributed by atoms with E-state index in [9.17, 15) is 8.42 Å². The predicted octanol–water partition coefficient (Wildman–Crippen LogP) is 0.290. The van der Waals surface area contributed by atoms with E-state index in [1.54, 1.807) is 7.05 Å². The number of likely N-dealkylation sites (N-methyl/N-ethyl adjacent to an activating group) is 1. The Labute approximate surface area is 98.6 Å². The van der Waals surface area contributed by atoms with Gasteiger partial charge in [-0.15, -0.1) is 0 Å². The van der Waals surface area contributed by atoms with E-state index in [0.717, 1.165) is 25.7 Å². The number of hydrogen-bond acceptors (Lipinski definition) is 3. The number of nitrogens with zero attached hydrogens (tertiary/aromatic N) is 1.